The van der Waals surface area contributed by atoms with Gasteiger partial charge in [0.05, 0.1) is 0 Å². The maximum absolute atomic E-state index is 4.89. The van der Waals surface area contributed by atoms with Crippen molar-refractivity contribution in [3.05, 3.63) is 72.2 Å². The topological polar surface area (TPSA) is 46.8 Å². The van der Waals surface area contributed by atoms with E-state index >= 15 is 0 Å². The van der Waals surface area contributed by atoms with Gasteiger partial charge in [-0.1, -0.05) is 19.9 Å². The number of hydrogen-bond donors (Lipinski definition) is 0. The summed E-state index contributed by atoms with van der Waals surface area (Å²) in [5.74, 6) is 3.15. The fraction of sp³-hybridized carbons (Fsp3) is 0.409. The maximum Gasteiger partial charge on any atom is 0.128 e. The Bertz CT molecular complexity index is 871. The van der Waals surface area contributed by atoms with Gasteiger partial charge in [-0.25, -0.2) is 9.97 Å². The Morgan fingerprint density at radius 1 is 1.11 bits per heavy atom. The van der Waals surface area contributed by atoms with Crippen LogP contribution in [0.2, 0.25) is 0 Å². The molecule has 3 aromatic heterocycles. The molecule has 5 heteroatoms. The summed E-state index contributed by atoms with van der Waals surface area (Å²) < 4.78 is 2.28. The third-order valence-electron chi connectivity index (χ3n) is 5.31. The Labute approximate surface area is 161 Å². The van der Waals surface area contributed by atoms with Crippen molar-refractivity contribution in [2.45, 2.75) is 45.1 Å². The van der Waals surface area contributed by atoms with E-state index in [2.05, 4.69) is 64.8 Å². The van der Waals surface area contributed by atoms with E-state index in [0.717, 1.165) is 31.1 Å². The average Bonchev–Trinajstić information content (AvgIpc) is 3.17. The zero-order valence-corrected chi connectivity index (χ0v) is 16.1. The number of nitrogens with zero attached hydrogens (tertiary/aromatic N) is 5. The maximum atomic E-state index is 4.89. The Kier molecular flexibility index (Phi) is 5.19. The summed E-state index contributed by atoms with van der Waals surface area (Å²) in [6, 6.07) is 10.5. The van der Waals surface area contributed by atoms with E-state index in [1.54, 1.807) is 0 Å². The molecule has 0 aliphatic carbocycles. The first-order valence-corrected chi connectivity index (χ1v) is 9.82. The molecule has 1 fully saturated rings. The molecule has 0 spiro atoms. The quantitative estimate of drug-likeness (QED) is 0.682. The molecule has 3 aromatic rings. The summed E-state index contributed by atoms with van der Waals surface area (Å²) >= 11 is 0. The van der Waals surface area contributed by atoms with E-state index in [9.17, 15) is 0 Å². The van der Waals surface area contributed by atoms with Gasteiger partial charge in [0, 0.05) is 56.0 Å². The summed E-state index contributed by atoms with van der Waals surface area (Å²) in [6.45, 7) is 7.27. The molecule has 140 valence electrons. The molecule has 0 unspecified atom stereocenters. The summed E-state index contributed by atoms with van der Waals surface area (Å²) in [4.78, 5) is 16.1. The monoisotopic (exact) mass is 361 g/mol. The van der Waals surface area contributed by atoms with Crippen LogP contribution in [0.4, 0.5) is 5.82 Å². The first-order chi connectivity index (χ1) is 13.2. The molecule has 0 aromatic carbocycles. The first-order valence-electron chi connectivity index (χ1n) is 9.82. The first kappa shape index (κ1) is 17.7. The van der Waals surface area contributed by atoms with Gasteiger partial charge in [-0.3, -0.25) is 4.98 Å². The SMILES string of the molecule is CC(C)c1cccc(N2CCC[C@H](c3nccn3Cc3ccncc3)C2)n1. The van der Waals surface area contributed by atoms with Crippen LogP contribution >= 0.6 is 0 Å². The molecule has 0 saturated carbocycles. The van der Waals surface area contributed by atoms with Crippen LogP contribution < -0.4 is 4.90 Å². The van der Waals surface area contributed by atoms with E-state index in [1.807, 2.05) is 18.6 Å². The molecule has 1 atom stereocenters. The summed E-state index contributed by atoms with van der Waals surface area (Å²) in [7, 11) is 0. The normalized spacial score (nSPS) is 17.4. The number of piperidine rings is 1. The second-order valence-corrected chi connectivity index (χ2v) is 7.63. The molecule has 0 bridgehead atoms. The molecule has 5 nitrogen and oxygen atoms in total. The minimum absolute atomic E-state index is 0.431. The number of rotatable bonds is 5. The van der Waals surface area contributed by atoms with Gasteiger partial charge in [-0.05, 0) is 48.6 Å². The Morgan fingerprint density at radius 2 is 1.96 bits per heavy atom. The van der Waals surface area contributed by atoms with Crippen LogP contribution in [-0.4, -0.2) is 32.6 Å². The van der Waals surface area contributed by atoms with Crippen molar-refractivity contribution in [2.75, 3.05) is 18.0 Å². The van der Waals surface area contributed by atoms with Crippen molar-refractivity contribution in [1.29, 1.82) is 0 Å². The van der Waals surface area contributed by atoms with Gasteiger partial charge < -0.3 is 9.47 Å². The van der Waals surface area contributed by atoms with Crippen LogP contribution in [0.5, 0.6) is 0 Å². The molecule has 4 rings (SSSR count). The minimum Gasteiger partial charge on any atom is -0.356 e. The standard InChI is InChI=1S/C22H27N5/c1-17(2)20-6-3-7-21(25-20)26-13-4-5-19(16-26)22-24-12-14-27(22)15-18-8-10-23-11-9-18/h3,6-12,14,17,19H,4-5,13,15-16H2,1-2H3/t19-/m0/s1. The van der Waals surface area contributed by atoms with E-state index in [1.165, 1.54) is 24.2 Å². The molecule has 1 saturated heterocycles. The molecule has 0 N–H and O–H groups in total. The van der Waals surface area contributed by atoms with E-state index in [4.69, 9.17) is 9.97 Å². The minimum atomic E-state index is 0.431. The van der Waals surface area contributed by atoms with Crippen LogP contribution in [-0.2, 0) is 6.54 Å². The lowest BCUT2D eigenvalue weighted by Crippen LogP contribution is -2.36. The summed E-state index contributed by atoms with van der Waals surface area (Å²) in [5, 5.41) is 0. The Balaban J connectivity index is 1.52. The Morgan fingerprint density at radius 3 is 2.78 bits per heavy atom. The smallest absolute Gasteiger partial charge is 0.128 e. The highest BCUT2D eigenvalue weighted by Gasteiger charge is 2.25. The number of imidazole rings is 1. The zero-order chi connectivity index (χ0) is 18.6. The highest BCUT2D eigenvalue weighted by molar-refractivity contribution is 5.41. The lowest BCUT2D eigenvalue weighted by molar-refractivity contribution is 0.473. The van der Waals surface area contributed by atoms with Crippen molar-refractivity contribution in [2.24, 2.45) is 0 Å². The summed E-state index contributed by atoms with van der Waals surface area (Å²) in [5.41, 5.74) is 2.41. The van der Waals surface area contributed by atoms with Gasteiger partial charge in [0.15, 0.2) is 0 Å². The van der Waals surface area contributed by atoms with Crippen molar-refractivity contribution >= 4 is 5.82 Å². The molecule has 1 aliphatic heterocycles. The third kappa shape index (κ3) is 4.02. The van der Waals surface area contributed by atoms with Gasteiger partial charge in [0.25, 0.3) is 0 Å². The third-order valence-corrected chi connectivity index (χ3v) is 5.31. The molecule has 27 heavy (non-hydrogen) atoms. The number of anilines is 1. The van der Waals surface area contributed by atoms with Crippen molar-refractivity contribution in [3.63, 3.8) is 0 Å². The fourth-order valence-electron chi connectivity index (χ4n) is 3.83. The van der Waals surface area contributed by atoms with Crippen LogP contribution in [0.3, 0.4) is 0 Å². The highest BCUT2D eigenvalue weighted by Crippen LogP contribution is 2.29. The second-order valence-electron chi connectivity index (χ2n) is 7.63. The van der Waals surface area contributed by atoms with E-state index < -0.39 is 0 Å². The summed E-state index contributed by atoms with van der Waals surface area (Å²) in [6.07, 6.45) is 10.1. The van der Waals surface area contributed by atoms with Crippen LogP contribution in [0, 0.1) is 0 Å². The number of pyridine rings is 2. The lowest BCUT2D eigenvalue weighted by Gasteiger charge is -2.33. The molecule has 0 radical (unpaired) electrons. The highest BCUT2D eigenvalue weighted by atomic mass is 15.2. The van der Waals surface area contributed by atoms with Crippen molar-refractivity contribution in [1.82, 2.24) is 19.5 Å². The number of aromatic nitrogens is 4. The van der Waals surface area contributed by atoms with Crippen LogP contribution in [0.1, 0.15) is 55.6 Å². The fourth-order valence-corrected chi connectivity index (χ4v) is 3.83. The molecular weight excluding hydrogens is 334 g/mol. The molecule has 1 aliphatic rings. The van der Waals surface area contributed by atoms with Crippen molar-refractivity contribution in [3.8, 4) is 0 Å². The van der Waals surface area contributed by atoms with E-state index in [-0.39, 0.29) is 0 Å². The van der Waals surface area contributed by atoms with Gasteiger partial charge in [0.1, 0.15) is 11.6 Å². The predicted molar refractivity (Wildman–Crippen MR) is 108 cm³/mol. The van der Waals surface area contributed by atoms with Crippen molar-refractivity contribution < 1.29 is 0 Å². The largest absolute Gasteiger partial charge is 0.356 e. The second kappa shape index (κ2) is 7.91. The van der Waals surface area contributed by atoms with Gasteiger partial charge in [-0.2, -0.15) is 0 Å². The van der Waals surface area contributed by atoms with Gasteiger partial charge in [-0.15, -0.1) is 0 Å². The van der Waals surface area contributed by atoms with Crippen LogP contribution in [0.25, 0.3) is 0 Å². The molecule has 0 amide bonds. The average molecular weight is 361 g/mol. The zero-order valence-electron chi connectivity index (χ0n) is 16.1. The van der Waals surface area contributed by atoms with Crippen LogP contribution in [0.15, 0.2) is 55.1 Å². The Hall–Kier alpha value is -2.69. The predicted octanol–water partition coefficient (Wildman–Crippen LogP) is 4.23. The number of hydrogen-bond acceptors (Lipinski definition) is 4. The van der Waals surface area contributed by atoms with Gasteiger partial charge >= 0.3 is 0 Å². The van der Waals surface area contributed by atoms with Gasteiger partial charge in [0.2, 0.25) is 0 Å². The lowest BCUT2D eigenvalue weighted by atomic mass is 9.97. The van der Waals surface area contributed by atoms with E-state index in [0.29, 0.717) is 11.8 Å². The molecular formula is C22H27N5. The molecule has 4 heterocycles.